The minimum atomic E-state index is -0.885. The van der Waals surface area contributed by atoms with Crippen molar-refractivity contribution in [2.75, 3.05) is 33.9 Å². The van der Waals surface area contributed by atoms with E-state index in [0.717, 1.165) is 71.6 Å². The number of fused-ring (bicyclic) bond motifs is 2. The predicted octanol–water partition coefficient (Wildman–Crippen LogP) is 4.80. The number of carbonyl (C=O) groups excluding carboxylic acids is 3. The maximum atomic E-state index is 13.6. The fourth-order valence-corrected chi connectivity index (χ4v) is 8.54. The van der Waals surface area contributed by atoms with Gasteiger partial charge in [0, 0.05) is 26.1 Å². The molecule has 4 aromatic rings. The van der Waals surface area contributed by atoms with Crippen molar-refractivity contribution in [3.8, 4) is 33.6 Å². The Morgan fingerprint density at radius 3 is 2.10 bits per heavy atom. The van der Waals surface area contributed by atoms with Gasteiger partial charge in [-0.2, -0.15) is 0 Å². The lowest BCUT2D eigenvalue weighted by atomic mass is 9.78. The Labute approximate surface area is 302 Å². The quantitative estimate of drug-likeness (QED) is 0.140. The number of amides is 3. The number of nitrogens with one attached hydrogen (secondary N) is 4. The van der Waals surface area contributed by atoms with E-state index in [4.69, 9.17) is 14.5 Å². The number of aliphatic hydroxyl groups excluding tert-OH is 1. The Hall–Kier alpha value is -5.01. The number of imidazole rings is 2. The summed E-state index contributed by atoms with van der Waals surface area (Å²) in [5.74, 6) is 2.15. The molecule has 5 N–H and O–H groups in total. The molecule has 274 valence electrons. The van der Waals surface area contributed by atoms with Gasteiger partial charge in [-0.25, -0.2) is 14.8 Å². The normalized spacial score (nSPS) is 23.4. The molecule has 2 aromatic carbocycles. The van der Waals surface area contributed by atoms with E-state index in [1.165, 1.54) is 14.2 Å². The molecule has 0 radical (unpaired) electrons. The Morgan fingerprint density at radius 2 is 1.48 bits per heavy atom. The van der Waals surface area contributed by atoms with E-state index in [9.17, 15) is 19.5 Å². The minimum Gasteiger partial charge on any atom is -0.453 e. The summed E-state index contributed by atoms with van der Waals surface area (Å²) in [4.78, 5) is 56.7. The number of aromatic amines is 2. The number of benzene rings is 2. The summed E-state index contributed by atoms with van der Waals surface area (Å²) in [6.07, 6.45) is 7.26. The highest BCUT2D eigenvalue weighted by Crippen LogP contribution is 2.56. The average Bonchev–Trinajstić information content (AvgIpc) is 4.03. The van der Waals surface area contributed by atoms with Gasteiger partial charge in [0.2, 0.25) is 11.8 Å². The fraction of sp³-hybridized carbons (Fsp3) is 0.462. The molecule has 13 heteroatoms. The van der Waals surface area contributed by atoms with Crippen LogP contribution in [0.5, 0.6) is 0 Å². The molecule has 7 atom stereocenters. The smallest absolute Gasteiger partial charge is 0.407 e. The lowest BCUT2D eigenvalue weighted by Gasteiger charge is -2.30. The molecule has 52 heavy (non-hydrogen) atoms. The van der Waals surface area contributed by atoms with Crippen LogP contribution >= 0.6 is 0 Å². The summed E-state index contributed by atoms with van der Waals surface area (Å²) in [7, 11) is 2.76. The SMILES string of the molecule is COC(=O)N[C@H](C(=O)N1CCC[C@H]1c1ncc(-c2ccc(-c3ccc(-c4cnc([C@H]5C6CCC(C6)[C@@H]5C(=O)NCCO)[nH]4)cc3)cc2)[nH]1)[C@@H](C)OC. The van der Waals surface area contributed by atoms with E-state index in [2.05, 4.69) is 74.1 Å². The maximum Gasteiger partial charge on any atom is 0.407 e. The van der Waals surface area contributed by atoms with Crippen LogP contribution in [0.2, 0.25) is 0 Å². The van der Waals surface area contributed by atoms with Gasteiger partial charge in [0.05, 0.1) is 55.6 Å². The molecule has 7 rings (SSSR count). The highest BCUT2D eigenvalue weighted by molar-refractivity contribution is 5.87. The number of ether oxygens (including phenoxy) is 2. The Balaban J connectivity index is 1.01. The number of alkyl carbamates (subject to hydrolysis) is 1. The van der Waals surface area contributed by atoms with Crippen molar-refractivity contribution in [3.05, 3.63) is 72.6 Å². The van der Waals surface area contributed by atoms with Gasteiger partial charge in [-0.3, -0.25) is 9.59 Å². The van der Waals surface area contributed by atoms with Gasteiger partial charge in [0.15, 0.2) is 0 Å². The number of methoxy groups -OCH3 is 2. The van der Waals surface area contributed by atoms with Gasteiger partial charge in [-0.05, 0) is 73.1 Å². The van der Waals surface area contributed by atoms with Crippen molar-refractivity contribution in [1.82, 2.24) is 35.5 Å². The van der Waals surface area contributed by atoms with Crippen LogP contribution in [0.25, 0.3) is 33.6 Å². The summed E-state index contributed by atoms with van der Waals surface area (Å²) >= 11 is 0. The number of aliphatic hydroxyl groups is 1. The first-order valence-corrected chi connectivity index (χ1v) is 18.2. The second-order valence-corrected chi connectivity index (χ2v) is 14.2. The molecule has 2 bridgehead atoms. The van der Waals surface area contributed by atoms with Crippen molar-refractivity contribution in [2.24, 2.45) is 17.8 Å². The maximum absolute atomic E-state index is 13.6. The van der Waals surface area contributed by atoms with Crippen LogP contribution in [0.3, 0.4) is 0 Å². The van der Waals surface area contributed by atoms with E-state index in [1.807, 2.05) is 6.20 Å². The molecule has 3 aliphatic rings. The largest absolute Gasteiger partial charge is 0.453 e. The topological polar surface area (TPSA) is 175 Å². The lowest BCUT2D eigenvalue weighted by Crippen LogP contribution is -2.54. The number of likely N-dealkylation sites (tertiary alicyclic amines) is 1. The molecule has 0 spiro atoms. The molecule has 3 heterocycles. The standard InChI is InChI=1S/C39H47N7O6/c1-22(51-2)34(45-39(50)52-3)38(49)46-17-4-5-31(46)35-41-20-29(43-35)25-10-6-23(7-11-25)24-8-12-26(13-9-24)30-21-42-36(44-30)32-27-14-15-28(19-27)33(32)37(48)40-16-18-47/h6-13,20-22,27-28,31-34,47H,4-5,14-19H2,1-3H3,(H,40,48)(H,41,43)(H,42,44)(H,45,50)/t22-,27?,28?,31+,32+,33+,34+/m1/s1. The summed E-state index contributed by atoms with van der Waals surface area (Å²) in [6, 6.07) is 15.5. The van der Waals surface area contributed by atoms with Gasteiger partial charge in [-0.1, -0.05) is 48.5 Å². The first-order chi connectivity index (χ1) is 25.3. The molecule has 1 aliphatic heterocycles. The second kappa shape index (κ2) is 15.3. The minimum absolute atomic E-state index is 0.0254. The molecular weight excluding hydrogens is 662 g/mol. The van der Waals surface area contributed by atoms with Crippen LogP contribution in [0, 0.1) is 17.8 Å². The van der Waals surface area contributed by atoms with Gasteiger partial charge in [-0.15, -0.1) is 0 Å². The third kappa shape index (κ3) is 6.94. The predicted molar refractivity (Wildman–Crippen MR) is 194 cm³/mol. The molecule has 2 aromatic heterocycles. The van der Waals surface area contributed by atoms with E-state index in [1.54, 1.807) is 18.0 Å². The number of H-pyrrole nitrogens is 2. The van der Waals surface area contributed by atoms with Crippen molar-refractivity contribution < 1.29 is 29.0 Å². The van der Waals surface area contributed by atoms with Crippen LogP contribution < -0.4 is 10.6 Å². The van der Waals surface area contributed by atoms with E-state index >= 15 is 0 Å². The third-order valence-electron chi connectivity index (χ3n) is 11.3. The zero-order valence-electron chi connectivity index (χ0n) is 29.8. The number of nitrogens with zero attached hydrogens (tertiary/aromatic N) is 3. The lowest BCUT2D eigenvalue weighted by molar-refractivity contribution is -0.137. The number of aromatic nitrogens is 4. The van der Waals surface area contributed by atoms with Crippen molar-refractivity contribution in [2.45, 2.75) is 63.1 Å². The molecule has 3 fully saturated rings. The average molecular weight is 710 g/mol. The van der Waals surface area contributed by atoms with Crippen LogP contribution in [0.4, 0.5) is 4.79 Å². The molecular formula is C39H47N7O6. The van der Waals surface area contributed by atoms with Gasteiger partial charge >= 0.3 is 6.09 Å². The highest BCUT2D eigenvalue weighted by atomic mass is 16.5. The summed E-state index contributed by atoms with van der Waals surface area (Å²) < 4.78 is 10.1. The van der Waals surface area contributed by atoms with Crippen molar-refractivity contribution >= 4 is 17.9 Å². The Morgan fingerprint density at radius 1 is 0.885 bits per heavy atom. The summed E-state index contributed by atoms with van der Waals surface area (Å²) in [5, 5.41) is 14.7. The van der Waals surface area contributed by atoms with Gasteiger partial charge in [0.1, 0.15) is 17.7 Å². The monoisotopic (exact) mass is 709 g/mol. The zero-order chi connectivity index (χ0) is 36.4. The van der Waals surface area contributed by atoms with E-state index in [0.29, 0.717) is 24.2 Å². The van der Waals surface area contributed by atoms with E-state index < -0.39 is 18.2 Å². The first kappa shape index (κ1) is 35.4. The molecule has 13 nitrogen and oxygen atoms in total. The summed E-state index contributed by atoms with van der Waals surface area (Å²) in [6.45, 7) is 2.51. The molecule has 2 unspecified atom stereocenters. The third-order valence-corrected chi connectivity index (χ3v) is 11.3. The molecule has 3 amide bonds. The molecule has 2 saturated carbocycles. The molecule has 1 saturated heterocycles. The van der Waals surface area contributed by atoms with Gasteiger partial charge < -0.3 is 40.1 Å². The fourth-order valence-electron chi connectivity index (χ4n) is 8.54. The van der Waals surface area contributed by atoms with Crippen molar-refractivity contribution in [3.63, 3.8) is 0 Å². The van der Waals surface area contributed by atoms with Crippen LogP contribution in [-0.4, -0.2) is 93.9 Å². The van der Waals surface area contributed by atoms with Crippen LogP contribution in [0.1, 0.15) is 62.6 Å². The van der Waals surface area contributed by atoms with E-state index in [-0.39, 0.29) is 42.8 Å². The van der Waals surface area contributed by atoms with Crippen LogP contribution in [-0.2, 0) is 19.1 Å². The highest BCUT2D eigenvalue weighted by Gasteiger charge is 2.52. The number of hydrogen-bond acceptors (Lipinski definition) is 8. The number of carbonyl (C=O) groups is 3. The zero-order valence-corrected chi connectivity index (χ0v) is 29.8. The summed E-state index contributed by atoms with van der Waals surface area (Å²) in [5.41, 5.74) is 5.93. The first-order valence-electron chi connectivity index (χ1n) is 18.2. The Kier molecular flexibility index (Phi) is 10.4. The number of rotatable bonds is 12. The molecule has 2 aliphatic carbocycles. The van der Waals surface area contributed by atoms with Crippen molar-refractivity contribution in [1.29, 1.82) is 0 Å². The number of hydrogen-bond donors (Lipinski definition) is 5. The second-order valence-electron chi connectivity index (χ2n) is 14.2. The Bertz CT molecular complexity index is 1870. The van der Waals surface area contributed by atoms with Gasteiger partial charge in [0.25, 0.3) is 0 Å². The van der Waals surface area contributed by atoms with Crippen LogP contribution in [0.15, 0.2) is 60.9 Å².